The minimum absolute atomic E-state index is 0.0628. The van der Waals surface area contributed by atoms with E-state index in [1.807, 2.05) is 24.0 Å². The zero-order chi connectivity index (χ0) is 15.9. The molecule has 1 aliphatic heterocycles. The van der Waals surface area contributed by atoms with Crippen LogP contribution in [0.15, 0.2) is 24.3 Å². The summed E-state index contributed by atoms with van der Waals surface area (Å²) in [4.78, 5) is 24.7. The van der Waals surface area contributed by atoms with Gasteiger partial charge in [0.05, 0.1) is 5.56 Å². The van der Waals surface area contributed by atoms with Gasteiger partial charge in [-0.15, -0.1) is 0 Å². The largest absolute Gasteiger partial charge is 0.478 e. The molecular weight excluding hydrogens is 282 g/mol. The molecule has 1 fully saturated rings. The molecule has 1 heterocycles. The Labute approximate surface area is 130 Å². The number of ether oxygens (including phenoxy) is 1. The molecule has 5 heteroatoms. The molecule has 0 unspecified atom stereocenters. The van der Waals surface area contributed by atoms with E-state index in [0.29, 0.717) is 18.1 Å². The number of carboxylic acids is 1. The molecular formula is C17H23NO4. The van der Waals surface area contributed by atoms with E-state index >= 15 is 0 Å². The van der Waals surface area contributed by atoms with Crippen molar-refractivity contribution in [2.75, 3.05) is 26.3 Å². The highest BCUT2D eigenvalue weighted by molar-refractivity contribution is 5.87. The average molecular weight is 305 g/mol. The van der Waals surface area contributed by atoms with Crippen LogP contribution in [0.1, 0.15) is 35.7 Å². The molecule has 0 aromatic heterocycles. The lowest BCUT2D eigenvalue weighted by Gasteiger charge is -2.33. The van der Waals surface area contributed by atoms with Gasteiger partial charge in [-0.25, -0.2) is 4.79 Å². The molecule has 22 heavy (non-hydrogen) atoms. The zero-order valence-electron chi connectivity index (χ0n) is 13.0. The number of piperidine rings is 1. The first-order chi connectivity index (χ1) is 10.6. The van der Waals surface area contributed by atoms with Gasteiger partial charge in [0, 0.05) is 19.7 Å². The molecule has 0 saturated carbocycles. The fourth-order valence-electron chi connectivity index (χ4n) is 2.86. The van der Waals surface area contributed by atoms with Crippen LogP contribution < -0.4 is 0 Å². The van der Waals surface area contributed by atoms with Gasteiger partial charge in [-0.1, -0.05) is 12.1 Å². The van der Waals surface area contributed by atoms with Crippen LogP contribution in [-0.4, -0.2) is 48.2 Å². The van der Waals surface area contributed by atoms with E-state index in [1.165, 1.54) is 0 Å². The summed E-state index contributed by atoms with van der Waals surface area (Å²) in [5, 5.41) is 8.91. The molecule has 0 aliphatic carbocycles. The lowest BCUT2D eigenvalue weighted by atomic mass is 9.91. The quantitative estimate of drug-likeness (QED) is 0.875. The number of benzene rings is 1. The first-order valence-electron chi connectivity index (χ1n) is 7.78. The molecule has 1 aromatic rings. The van der Waals surface area contributed by atoms with Crippen LogP contribution in [0.4, 0.5) is 0 Å². The third-order valence-corrected chi connectivity index (χ3v) is 4.03. The number of hydrogen-bond acceptors (Lipinski definition) is 3. The summed E-state index contributed by atoms with van der Waals surface area (Å²) >= 11 is 0. The maximum atomic E-state index is 12.0. The molecule has 1 aliphatic rings. The topological polar surface area (TPSA) is 66.8 Å². The Hall–Kier alpha value is -1.88. The minimum Gasteiger partial charge on any atom is -0.478 e. The number of amides is 1. The van der Waals surface area contributed by atoms with Crippen molar-refractivity contribution in [3.05, 3.63) is 35.4 Å². The van der Waals surface area contributed by atoms with E-state index in [4.69, 9.17) is 9.84 Å². The van der Waals surface area contributed by atoms with Crippen LogP contribution in [0, 0.1) is 5.92 Å². The second kappa shape index (κ2) is 7.94. The van der Waals surface area contributed by atoms with E-state index in [0.717, 1.165) is 37.9 Å². The standard InChI is InChI=1S/C17H23NO4/c1-2-22-12-16(19)18-9-3-4-14(11-18)10-13-5-7-15(8-6-13)17(20)21/h5-8,14H,2-4,9-12H2,1H3,(H,20,21)/t14-/m0/s1. The Kier molecular flexibility index (Phi) is 5.95. The molecule has 120 valence electrons. The van der Waals surface area contributed by atoms with Crippen LogP contribution in [0.25, 0.3) is 0 Å². The maximum absolute atomic E-state index is 12.0. The lowest BCUT2D eigenvalue weighted by molar-refractivity contribution is -0.137. The number of likely N-dealkylation sites (tertiary alicyclic amines) is 1. The molecule has 0 spiro atoms. The van der Waals surface area contributed by atoms with Crippen molar-refractivity contribution in [3.8, 4) is 0 Å². The van der Waals surface area contributed by atoms with Gasteiger partial charge in [0.2, 0.25) is 5.91 Å². The van der Waals surface area contributed by atoms with Gasteiger partial charge in [-0.05, 0) is 49.8 Å². The van der Waals surface area contributed by atoms with Crippen molar-refractivity contribution in [2.45, 2.75) is 26.2 Å². The summed E-state index contributed by atoms with van der Waals surface area (Å²) in [6.07, 6.45) is 2.98. The predicted octanol–water partition coefficient (Wildman–Crippen LogP) is 2.20. The maximum Gasteiger partial charge on any atom is 0.335 e. The van der Waals surface area contributed by atoms with Crippen molar-refractivity contribution in [1.29, 1.82) is 0 Å². The number of carboxylic acid groups (broad SMARTS) is 1. The summed E-state index contributed by atoms with van der Waals surface area (Å²) in [6.45, 7) is 4.16. The highest BCUT2D eigenvalue weighted by atomic mass is 16.5. The van der Waals surface area contributed by atoms with Crippen LogP contribution in [0.2, 0.25) is 0 Å². The number of carbonyl (C=O) groups excluding carboxylic acids is 1. The van der Waals surface area contributed by atoms with E-state index in [1.54, 1.807) is 12.1 Å². The normalized spacial score (nSPS) is 18.2. The molecule has 1 aromatic carbocycles. The molecule has 0 radical (unpaired) electrons. The molecule has 5 nitrogen and oxygen atoms in total. The summed E-state index contributed by atoms with van der Waals surface area (Å²) in [5.41, 5.74) is 1.43. The van der Waals surface area contributed by atoms with Crippen LogP contribution >= 0.6 is 0 Å². The van der Waals surface area contributed by atoms with Crippen molar-refractivity contribution in [3.63, 3.8) is 0 Å². The minimum atomic E-state index is -0.906. The predicted molar refractivity (Wildman–Crippen MR) is 82.9 cm³/mol. The van der Waals surface area contributed by atoms with Crippen LogP contribution in [-0.2, 0) is 16.0 Å². The van der Waals surface area contributed by atoms with Gasteiger partial charge < -0.3 is 14.7 Å². The van der Waals surface area contributed by atoms with Gasteiger partial charge in [0.15, 0.2) is 0 Å². The van der Waals surface area contributed by atoms with Crippen LogP contribution in [0.3, 0.4) is 0 Å². The highest BCUT2D eigenvalue weighted by Gasteiger charge is 2.23. The van der Waals surface area contributed by atoms with Crippen LogP contribution in [0.5, 0.6) is 0 Å². The third-order valence-electron chi connectivity index (χ3n) is 4.03. The summed E-state index contributed by atoms with van der Waals surface area (Å²) in [7, 11) is 0. The first-order valence-corrected chi connectivity index (χ1v) is 7.78. The molecule has 1 atom stereocenters. The zero-order valence-corrected chi connectivity index (χ0v) is 13.0. The van der Waals surface area contributed by atoms with E-state index in [9.17, 15) is 9.59 Å². The number of aromatic carboxylic acids is 1. The second-order valence-corrected chi connectivity index (χ2v) is 5.69. The van der Waals surface area contributed by atoms with Gasteiger partial charge in [0.1, 0.15) is 6.61 Å². The van der Waals surface area contributed by atoms with Crippen molar-refractivity contribution < 1.29 is 19.4 Å². The summed E-state index contributed by atoms with van der Waals surface area (Å²) in [5.74, 6) is -0.417. The number of rotatable bonds is 6. The molecule has 1 saturated heterocycles. The number of carbonyl (C=O) groups is 2. The molecule has 2 rings (SSSR count). The smallest absolute Gasteiger partial charge is 0.335 e. The average Bonchev–Trinajstić information content (AvgIpc) is 2.53. The Balaban J connectivity index is 1.89. The monoisotopic (exact) mass is 305 g/mol. The van der Waals surface area contributed by atoms with Crippen molar-refractivity contribution in [2.24, 2.45) is 5.92 Å². The van der Waals surface area contributed by atoms with E-state index in [-0.39, 0.29) is 12.5 Å². The Morgan fingerprint density at radius 2 is 2.05 bits per heavy atom. The lowest BCUT2D eigenvalue weighted by Crippen LogP contribution is -2.42. The SMILES string of the molecule is CCOCC(=O)N1CCC[C@@H](Cc2ccc(C(=O)O)cc2)C1. The van der Waals surface area contributed by atoms with Gasteiger partial charge in [0.25, 0.3) is 0 Å². The Morgan fingerprint density at radius 1 is 1.32 bits per heavy atom. The van der Waals surface area contributed by atoms with Gasteiger partial charge in [-0.3, -0.25) is 4.79 Å². The Morgan fingerprint density at radius 3 is 2.68 bits per heavy atom. The molecule has 1 amide bonds. The highest BCUT2D eigenvalue weighted by Crippen LogP contribution is 2.21. The van der Waals surface area contributed by atoms with Gasteiger partial charge >= 0.3 is 5.97 Å². The summed E-state index contributed by atoms with van der Waals surface area (Å²) < 4.78 is 5.19. The molecule has 1 N–H and O–H groups in total. The first kappa shape index (κ1) is 16.5. The number of nitrogens with zero attached hydrogens (tertiary/aromatic N) is 1. The summed E-state index contributed by atoms with van der Waals surface area (Å²) in [6, 6.07) is 7.01. The van der Waals surface area contributed by atoms with Crippen molar-refractivity contribution >= 4 is 11.9 Å². The second-order valence-electron chi connectivity index (χ2n) is 5.69. The van der Waals surface area contributed by atoms with Crippen molar-refractivity contribution in [1.82, 2.24) is 4.90 Å². The molecule has 0 bridgehead atoms. The van der Waals surface area contributed by atoms with Gasteiger partial charge in [-0.2, -0.15) is 0 Å². The fourth-order valence-corrected chi connectivity index (χ4v) is 2.86. The number of hydrogen-bond donors (Lipinski definition) is 1. The van der Waals surface area contributed by atoms with E-state index < -0.39 is 5.97 Å². The van der Waals surface area contributed by atoms with E-state index in [2.05, 4.69) is 0 Å². The third kappa shape index (κ3) is 4.56. The fraction of sp³-hybridized carbons (Fsp3) is 0.529. The Bertz CT molecular complexity index is 512.